The van der Waals surface area contributed by atoms with Crippen molar-refractivity contribution < 1.29 is 9.53 Å². The maximum atomic E-state index is 11.5. The second kappa shape index (κ2) is 7.32. The van der Waals surface area contributed by atoms with E-state index in [4.69, 9.17) is 22.1 Å². The highest BCUT2D eigenvalue weighted by atomic mass is 35.5. The third-order valence-corrected chi connectivity index (χ3v) is 3.90. The zero-order chi connectivity index (χ0) is 17.8. The molecule has 0 aliphatic carbocycles. The van der Waals surface area contributed by atoms with Gasteiger partial charge in [-0.05, 0) is 30.2 Å². The third-order valence-electron chi connectivity index (χ3n) is 3.69. The van der Waals surface area contributed by atoms with Gasteiger partial charge in [0.25, 0.3) is 0 Å². The van der Waals surface area contributed by atoms with Crippen LogP contribution < -0.4 is 10.5 Å². The first-order chi connectivity index (χ1) is 12.1. The molecular formula is C19H16ClN3O2. The number of primary amides is 1. The average molecular weight is 354 g/mol. The number of hydrogen-bond donors (Lipinski definition) is 1. The first-order valence-corrected chi connectivity index (χ1v) is 8.12. The van der Waals surface area contributed by atoms with Crippen molar-refractivity contribution in [3.05, 3.63) is 71.1 Å². The molecule has 0 fully saturated rings. The number of nitrogens with zero attached hydrogens (tertiary/aromatic N) is 2. The Labute approximate surface area is 150 Å². The largest absolute Gasteiger partial charge is 0.456 e. The van der Waals surface area contributed by atoms with E-state index in [1.54, 1.807) is 36.8 Å². The molecule has 6 heteroatoms. The lowest BCUT2D eigenvalue weighted by Gasteiger charge is -2.10. The summed E-state index contributed by atoms with van der Waals surface area (Å²) >= 11 is 5.92. The minimum Gasteiger partial charge on any atom is -0.456 e. The molecule has 126 valence electrons. The Bertz CT molecular complexity index is 928. The molecule has 3 aromatic rings. The van der Waals surface area contributed by atoms with Crippen molar-refractivity contribution in [1.82, 2.24) is 9.97 Å². The monoisotopic (exact) mass is 353 g/mol. The Kier molecular flexibility index (Phi) is 4.95. The summed E-state index contributed by atoms with van der Waals surface area (Å²) in [5.74, 6) is 0.732. The number of ether oxygens (including phenoxy) is 1. The maximum Gasteiger partial charge on any atom is 0.248 e. The van der Waals surface area contributed by atoms with E-state index in [9.17, 15) is 4.79 Å². The van der Waals surface area contributed by atoms with Gasteiger partial charge in [-0.1, -0.05) is 24.6 Å². The molecule has 2 N–H and O–H groups in total. The fourth-order valence-electron chi connectivity index (χ4n) is 2.50. The number of benzene rings is 1. The van der Waals surface area contributed by atoms with Gasteiger partial charge in [0.1, 0.15) is 11.5 Å². The molecule has 1 amide bonds. The highest BCUT2D eigenvalue weighted by Gasteiger charge is 2.10. The molecule has 25 heavy (non-hydrogen) atoms. The summed E-state index contributed by atoms with van der Waals surface area (Å²) in [6.07, 6.45) is 5.49. The van der Waals surface area contributed by atoms with Crippen LogP contribution in [0.25, 0.3) is 11.3 Å². The molecule has 2 aromatic heterocycles. The van der Waals surface area contributed by atoms with Gasteiger partial charge >= 0.3 is 0 Å². The van der Waals surface area contributed by atoms with E-state index < -0.39 is 5.91 Å². The lowest BCUT2D eigenvalue weighted by molar-refractivity contribution is 0.0999. The molecule has 1 aromatic carbocycles. The molecule has 0 aliphatic rings. The van der Waals surface area contributed by atoms with Gasteiger partial charge in [-0.15, -0.1) is 0 Å². The van der Waals surface area contributed by atoms with Gasteiger partial charge in [-0.2, -0.15) is 0 Å². The highest BCUT2D eigenvalue weighted by Crippen LogP contribution is 2.27. The smallest absolute Gasteiger partial charge is 0.248 e. The number of carbonyl (C=O) groups is 1. The minimum absolute atomic E-state index is 0.429. The van der Waals surface area contributed by atoms with Crippen molar-refractivity contribution in [2.45, 2.75) is 13.3 Å². The van der Waals surface area contributed by atoms with Crippen LogP contribution in [0.15, 0.2) is 55.0 Å². The molecule has 0 radical (unpaired) electrons. The lowest BCUT2D eigenvalue weighted by atomic mass is 9.99. The summed E-state index contributed by atoms with van der Waals surface area (Å²) in [5, 5.41) is 0.501. The van der Waals surface area contributed by atoms with Crippen molar-refractivity contribution in [3.63, 3.8) is 0 Å². The molecule has 5 nitrogen and oxygen atoms in total. The second-order valence-corrected chi connectivity index (χ2v) is 5.84. The van der Waals surface area contributed by atoms with Crippen LogP contribution in [-0.4, -0.2) is 15.9 Å². The third kappa shape index (κ3) is 3.95. The van der Waals surface area contributed by atoms with Crippen LogP contribution in [0, 0.1) is 0 Å². The number of carbonyl (C=O) groups excluding carboxylic acids is 1. The summed E-state index contributed by atoms with van der Waals surface area (Å²) in [4.78, 5) is 19.9. The minimum atomic E-state index is -0.429. The van der Waals surface area contributed by atoms with Crippen LogP contribution in [0.4, 0.5) is 0 Å². The van der Waals surface area contributed by atoms with Crippen LogP contribution in [0.2, 0.25) is 5.02 Å². The van der Waals surface area contributed by atoms with Gasteiger partial charge in [0, 0.05) is 35.7 Å². The summed E-state index contributed by atoms with van der Waals surface area (Å²) in [5.41, 5.74) is 8.45. The van der Waals surface area contributed by atoms with E-state index in [1.165, 1.54) is 0 Å². The van der Waals surface area contributed by atoms with Crippen LogP contribution in [-0.2, 0) is 6.42 Å². The molecule has 0 atom stereocenters. The maximum absolute atomic E-state index is 11.5. The number of aryl methyl sites for hydroxylation is 1. The van der Waals surface area contributed by atoms with E-state index in [2.05, 4.69) is 9.97 Å². The van der Waals surface area contributed by atoms with Gasteiger partial charge in [0.15, 0.2) is 0 Å². The van der Waals surface area contributed by atoms with Crippen LogP contribution in [0.1, 0.15) is 22.8 Å². The molecule has 0 aliphatic heterocycles. The van der Waals surface area contributed by atoms with Crippen molar-refractivity contribution >= 4 is 17.5 Å². The average Bonchev–Trinajstić information content (AvgIpc) is 2.61. The quantitative estimate of drug-likeness (QED) is 0.743. The number of rotatable bonds is 5. The Balaban J connectivity index is 1.92. The number of pyridine rings is 2. The lowest BCUT2D eigenvalue weighted by Crippen LogP contribution is -2.13. The first kappa shape index (κ1) is 16.9. The molecule has 0 unspecified atom stereocenters. The summed E-state index contributed by atoms with van der Waals surface area (Å²) < 4.78 is 5.78. The Morgan fingerprint density at radius 1 is 1.16 bits per heavy atom. The van der Waals surface area contributed by atoms with Crippen molar-refractivity contribution in [2.24, 2.45) is 5.73 Å². The topological polar surface area (TPSA) is 78.1 Å². The number of halogens is 1. The Morgan fingerprint density at radius 3 is 2.72 bits per heavy atom. The first-order valence-electron chi connectivity index (χ1n) is 7.74. The van der Waals surface area contributed by atoms with E-state index in [0.29, 0.717) is 28.5 Å². The van der Waals surface area contributed by atoms with E-state index in [-0.39, 0.29) is 0 Å². The summed E-state index contributed by atoms with van der Waals surface area (Å²) in [7, 11) is 0. The SMILES string of the molecule is CCc1cc(-c2cc(Oc3cncc(Cl)c3)ccn2)ccc1C(N)=O. The zero-order valence-corrected chi connectivity index (χ0v) is 14.3. The van der Waals surface area contributed by atoms with E-state index >= 15 is 0 Å². The van der Waals surface area contributed by atoms with Gasteiger partial charge in [0.05, 0.1) is 16.9 Å². The highest BCUT2D eigenvalue weighted by molar-refractivity contribution is 6.30. The van der Waals surface area contributed by atoms with Crippen LogP contribution >= 0.6 is 11.6 Å². The standard InChI is InChI=1S/C19H16ClN3O2/c1-2-12-7-13(3-4-17(12)19(21)24)18-9-15(5-6-23-18)25-16-8-14(20)10-22-11-16/h3-11H,2H2,1H3,(H2,21,24). The predicted molar refractivity (Wildman–Crippen MR) is 96.9 cm³/mol. The fourth-order valence-corrected chi connectivity index (χ4v) is 2.67. The fraction of sp³-hybridized carbons (Fsp3) is 0.105. The van der Waals surface area contributed by atoms with Gasteiger partial charge in [0.2, 0.25) is 5.91 Å². The zero-order valence-electron chi connectivity index (χ0n) is 13.6. The molecule has 0 saturated heterocycles. The van der Waals surface area contributed by atoms with E-state index in [0.717, 1.165) is 16.8 Å². The van der Waals surface area contributed by atoms with Gasteiger partial charge in [-0.3, -0.25) is 14.8 Å². The molecule has 0 spiro atoms. The predicted octanol–water partition coefficient (Wildman–Crippen LogP) is 4.25. The van der Waals surface area contributed by atoms with Crippen LogP contribution in [0.5, 0.6) is 11.5 Å². The number of aromatic nitrogens is 2. The van der Waals surface area contributed by atoms with Crippen molar-refractivity contribution in [2.75, 3.05) is 0 Å². The molecule has 0 bridgehead atoms. The second-order valence-electron chi connectivity index (χ2n) is 5.41. The van der Waals surface area contributed by atoms with Crippen LogP contribution in [0.3, 0.4) is 0 Å². The summed E-state index contributed by atoms with van der Waals surface area (Å²) in [6.45, 7) is 1.98. The van der Waals surface area contributed by atoms with Crippen molar-refractivity contribution in [3.8, 4) is 22.8 Å². The number of amides is 1. The molecule has 0 saturated carbocycles. The van der Waals surface area contributed by atoms with Gasteiger partial charge < -0.3 is 10.5 Å². The normalized spacial score (nSPS) is 10.5. The molecular weight excluding hydrogens is 338 g/mol. The Morgan fingerprint density at radius 2 is 2.00 bits per heavy atom. The van der Waals surface area contributed by atoms with Gasteiger partial charge in [-0.25, -0.2) is 0 Å². The van der Waals surface area contributed by atoms with E-state index in [1.807, 2.05) is 25.1 Å². The molecule has 2 heterocycles. The summed E-state index contributed by atoms with van der Waals surface area (Å²) in [6, 6.07) is 10.7. The molecule has 3 rings (SSSR count). The number of hydrogen-bond acceptors (Lipinski definition) is 4. The number of nitrogens with two attached hydrogens (primary N) is 1. The Hall–Kier alpha value is -2.92. The van der Waals surface area contributed by atoms with Crippen molar-refractivity contribution in [1.29, 1.82) is 0 Å².